The molecule has 0 atom stereocenters. The van der Waals surface area contributed by atoms with Crippen molar-refractivity contribution < 1.29 is 14.6 Å². The first-order valence-corrected chi connectivity index (χ1v) is 8.60. The Balaban J connectivity index is 1.62. The fraction of sp³-hybridized carbons (Fsp3) is 0.286. The maximum Gasteiger partial charge on any atom is 0.304 e. The van der Waals surface area contributed by atoms with Gasteiger partial charge in [0, 0.05) is 6.54 Å². The Kier molecular flexibility index (Phi) is 8.29. The number of carboxylic acids is 1. The molecule has 0 saturated carbocycles. The summed E-state index contributed by atoms with van der Waals surface area (Å²) >= 11 is 0. The summed E-state index contributed by atoms with van der Waals surface area (Å²) in [5, 5.41) is 11.7. The van der Waals surface area contributed by atoms with Gasteiger partial charge in [-0.3, -0.25) is 4.79 Å². The first-order valence-electron chi connectivity index (χ1n) is 8.60. The van der Waals surface area contributed by atoms with Crippen molar-refractivity contribution in [3.8, 4) is 5.75 Å². The summed E-state index contributed by atoms with van der Waals surface area (Å²) in [5.41, 5.74) is 2.42. The molecule has 4 nitrogen and oxygen atoms in total. The summed E-state index contributed by atoms with van der Waals surface area (Å²) in [4.78, 5) is 10.4. The summed E-state index contributed by atoms with van der Waals surface area (Å²) < 4.78 is 5.71. The van der Waals surface area contributed by atoms with Gasteiger partial charge in [0.25, 0.3) is 0 Å². The molecular formula is C21H25NO3. The standard InChI is InChI=1S/C21H25NO3/c23-21(24)14-16-22-15-4-8-19-10-12-20(13-11-19)25-17-5-9-18-6-2-1-3-7-18/h1-3,5-7,9-13,22H,4,8,14-17H2,(H,23,24)/b9-5+. The quantitative estimate of drug-likeness (QED) is 0.612. The van der Waals surface area contributed by atoms with Crippen LogP contribution in [0.15, 0.2) is 60.7 Å². The van der Waals surface area contributed by atoms with E-state index in [9.17, 15) is 4.79 Å². The fourth-order valence-electron chi connectivity index (χ4n) is 2.38. The van der Waals surface area contributed by atoms with Gasteiger partial charge in [-0.1, -0.05) is 48.5 Å². The molecule has 2 aromatic carbocycles. The van der Waals surface area contributed by atoms with Crippen molar-refractivity contribution in [2.24, 2.45) is 0 Å². The molecule has 0 heterocycles. The second-order valence-corrected chi connectivity index (χ2v) is 5.77. The van der Waals surface area contributed by atoms with E-state index in [4.69, 9.17) is 9.84 Å². The minimum absolute atomic E-state index is 0.171. The molecule has 0 spiro atoms. The van der Waals surface area contributed by atoms with Crippen LogP contribution in [-0.2, 0) is 11.2 Å². The largest absolute Gasteiger partial charge is 0.490 e. The molecule has 0 aliphatic carbocycles. The van der Waals surface area contributed by atoms with E-state index in [1.54, 1.807) is 0 Å². The van der Waals surface area contributed by atoms with Crippen LogP contribution in [0.1, 0.15) is 24.0 Å². The monoisotopic (exact) mass is 339 g/mol. The topological polar surface area (TPSA) is 58.6 Å². The van der Waals surface area contributed by atoms with Gasteiger partial charge in [0.15, 0.2) is 0 Å². The minimum Gasteiger partial charge on any atom is -0.490 e. The zero-order valence-corrected chi connectivity index (χ0v) is 14.4. The summed E-state index contributed by atoms with van der Waals surface area (Å²) in [5.74, 6) is 0.0998. The fourth-order valence-corrected chi connectivity index (χ4v) is 2.38. The molecule has 0 unspecified atom stereocenters. The molecular weight excluding hydrogens is 314 g/mol. The number of carboxylic acid groups (broad SMARTS) is 1. The highest BCUT2D eigenvalue weighted by Gasteiger charge is 1.97. The van der Waals surface area contributed by atoms with Gasteiger partial charge in [0.05, 0.1) is 6.42 Å². The molecule has 0 fully saturated rings. The van der Waals surface area contributed by atoms with Gasteiger partial charge in [0.2, 0.25) is 0 Å². The van der Waals surface area contributed by atoms with Crippen LogP contribution in [0.25, 0.3) is 6.08 Å². The van der Waals surface area contributed by atoms with Crippen molar-refractivity contribution in [3.63, 3.8) is 0 Å². The maximum absolute atomic E-state index is 10.4. The van der Waals surface area contributed by atoms with Crippen molar-refractivity contribution in [1.29, 1.82) is 0 Å². The molecule has 0 radical (unpaired) electrons. The minimum atomic E-state index is -0.762. The second kappa shape index (κ2) is 11.0. The SMILES string of the molecule is O=C(O)CCNCCCc1ccc(OC/C=C/c2ccccc2)cc1. The Labute approximate surface area is 149 Å². The van der Waals surface area contributed by atoms with Gasteiger partial charge in [-0.2, -0.15) is 0 Å². The molecule has 0 bridgehead atoms. The van der Waals surface area contributed by atoms with E-state index in [1.165, 1.54) is 11.1 Å². The Morgan fingerprint density at radius 1 is 1.04 bits per heavy atom. The van der Waals surface area contributed by atoms with E-state index in [0.717, 1.165) is 25.1 Å². The maximum atomic E-state index is 10.4. The number of aryl methyl sites for hydroxylation is 1. The van der Waals surface area contributed by atoms with Gasteiger partial charge in [-0.05, 0) is 48.7 Å². The number of nitrogens with one attached hydrogen (secondary N) is 1. The normalized spacial score (nSPS) is 10.9. The molecule has 0 aromatic heterocycles. The van der Waals surface area contributed by atoms with Crippen molar-refractivity contribution in [3.05, 3.63) is 71.8 Å². The first kappa shape index (κ1) is 18.7. The lowest BCUT2D eigenvalue weighted by Gasteiger charge is -2.06. The zero-order valence-electron chi connectivity index (χ0n) is 14.4. The molecule has 4 heteroatoms. The van der Waals surface area contributed by atoms with Gasteiger partial charge in [0.1, 0.15) is 12.4 Å². The van der Waals surface area contributed by atoms with Gasteiger partial charge < -0.3 is 15.2 Å². The third-order valence-electron chi connectivity index (χ3n) is 3.71. The van der Waals surface area contributed by atoms with E-state index >= 15 is 0 Å². The predicted molar refractivity (Wildman–Crippen MR) is 101 cm³/mol. The summed E-state index contributed by atoms with van der Waals surface area (Å²) in [6.45, 7) is 1.90. The highest BCUT2D eigenvalue weighted by molar-refractivity contribution is 5.66. The highest BCUT2D eigenvalue weighted by Crippen LogP contribution is 2.13. The van der Waals surface area contributed by atoms with Crippen LogP contribution in [0.5, 0.6) is 5.75 Å². The first-order chi connectivity index (χ1) is 12.2. The van der Waals surface area contributed by atoms with Crippen LogP contribution < -0.4 is 10.1 Å². The smallest absolute Gasteiger partial charge is 0.304 e. The number of benzene rings is 2. The van der Waals surface area contributed by atoms with Crippen molar-refractivity contribution >= 4 is 12.0 Å². The van der Waals surface area contributed by atoms with E-state index in [0.29, 0.717) is 13.2 Å². The molecule has 2 N–H and O–H groups in total. The van der Waals surface area contributed by atoms with Crippen LogP contribution >= 0.6 is 0 Å². The number of hydrogen-bond donors (Lipinski definition) is 2. The average molecular weight is 339 g/mol. The number of aliphatic carboxylic acids is 1. The second-order valence-electron chi connectivity index (χ2n) is 5.77. The van der Waals surface area contributed by atoms with Crippen LogP contribution in [-0.4, -0.2) is 30.8 Å². The third kappa shape index (κ3) is 8.18. The summed E-state index contributed by atoms with van der Waals surface area (Å²) in [6, 6.07) is 18.3. The molecule has 0 amide bonds. The van der Waals surface area contributed by atoms with E-state index in [1.807, 2.05) is 42.5 Å². The molecule has 2 aromatic rings. The number of ether oxygens (including phenoxy) is 1. The summed E-state index contributed by atoms with van der Waals surface area (Å²) in [6.07, 6.45) is 6.18. The summed E-state index contributed by atoms with van der Waals surface area (Å²) in [7, 11) is 0. The molecule has 0 saturated heterocycles. The predicted octanol–water partition coefficient (Wildman–Crippen LogP) is 3.78. The van der Waals surface area contributed by atoms with E-state index < -0.39 is 5.97 Å². The lowest BCUT2D eigenvalue weighted by molar-refractivity contribution is -0.136. The van der Waals surface area contributed by atoms with Gasteiger partial charge in [-0.15, -0.1) is 0 Å². The Morgan fingerprint density at radius 2 is 1.80 bits per heavy atom. The number of rotatable bonds is 11. The number of hydrogen-bond acceptors (Lipinski definition) is 3. The van der Waals surface area contributed by atoms with E-state index in [-0.39, 0.29) is 6.42 Å². The van der Waals surface area contributed by atoms with Crippen LogP contribution in [0.4, 0.5) is 0 Å². The van der Waals surface area contributed by atoms with Gasteiger partial charge in [-0.25, -0.2) is 0 Å². The van der Waals surface area contributed by atoms with Crippen molar-refractivity contribution in [2.45, 2.75) is 19.3 Å². The van der Waals surface area contributed by atoms with Gasteiger partial charge >= 0.3 is 5.97 Å². The van der Waals surface area contributed by atoms with Crippen LogP contribution in [0, 0.1) is 0 Å². The highest BCUT2D eigenvalue weighted by atomic mass is 16.5. The number of carbonyl (C=O) groups is 1. The molecule has 0 aliphatic rings. The molecule has 0 aliphatic heterocycles. The molecule has 25 heavy (non-hydrogen) atoms. The zero-order chi connectivity index (χ0) is 17.7. The molecule has 2 rings (SSSR count). The van der Waals surface area contributed by atoms with E-state index in [2.05, 4.69) is 29.6 Å². The lowest BCUT2D eigenvalue weighted by atomic mass is 10.1. The van der Waals surface area contributed by atoms with Crippen LogP contribution in [0.2, 0.25) is 0 Å². The lowest BCUT2D eigenvalue weighted by Crippen LogP contribution is -2.19. The Morgan fingerprint density at radius 3 is 2.52 bits per heavy atom. The van der Waals surface area contributed by atoms with Crippen molar-refractivity contribution in [2.75, 3.05) is 19.7 Å². The van der Waals surface area contributed by atoms with Crippen LogP contribution in [0.3, 0.4) is 0 Å². The van der Waals surface area contributed by atoms with Crippen molar-refractivity contribution in [1.82, 2.24) is 5.32 Å². The average Bonchev–Trinajstić information content (AvgIpc) is 2.63. The Hall–Kier alpha value is -2.59. The third-order valence-corrected chi connectivity index (χ3v) is 3.71. The molecule has 132 valence electrons. The Bertz CT molecular complexity index is 651.